The highest BCUT2D eigenvalue weighted by Crippen LogP contribution is 2.28. The van der Waals surface area contributed by atoms with Gasteiger partial charge < -0.3 is 31.7 Å². The molecular formula is C30H55F2N7O4S. The molecule has 254 valence electrons. The van der Waals surface area contributed by atoms with Gasteiger partial charge in [0.2, 0.25) is 15.9 Å². The van der Waals surface area contributed by atoms with Gasteiger partial charge >= 0.3 is 0 Å². The molecule has 0 saturated carbocycles. The summed E-state index contributed by atoms with van der Waals surface area (Å²) >= 11 is 0. The van der Waals surface area contributed by atoms with E-state index in [9.17, 15) is 17.6 Å². The number of nitrogens with one attached hydrogen (secondary N) is 2. The second kappa shape index (κ2) is 17.8. The van der Waals surface area contributed by atoms with Crippen molar-refractivity contribution in [2.75, 3.05) is 59.0 Å². The highest BCUT2D eigenvalue weighted by molar-refractivity contribution is 7.89. The smallest absolute Gasteiger partial charge is 0.235 e. The van der Waals surface area contributed by atoms with E-state index in [4.69, 9.17) is 16.2 Å². The molecule has 3 heterocycles. The summed E-state index contributed by atoms with van der Waals surface area (Å²) in [4.78, 5) is 19.6. The Morgan fingerprint density at radius 3 is 2.45 bits per heavy atom. The summed E-state index contributed by atoms with van der Waals surface area (Å²) in [6, 6.07) is 0. The standard InChI is InChI=1S/C30H55F2N7O4S/c1-4-5-6-7-21(2)8-9-23(31)18-36-22(3)27(29(33)34)30(40)37-26-20-35-19-25(32)28(26)38-12-10-24(11-13-38)44(41,42)39-14-16-43-17-15-39/h21,23-25,27,29,35H,4-20,33-34H2,1-3H3,(H,37,40). The lowest BCUT2D eigenvalue weighted by Gasteiger charge is -2.40. The Kier molecular flexibility index (Phi) is 14.9. The number of amides is 1. The van der Waals surface area contributed by atoms with Crippen LogP contribution < -0.4 is 22.1 Å². The maximum atomic E-state index is 15.3. The molecule has 4 unspecified atom stereocenters. The summed E-state index contributed by atoms with van der Waals surface area (Å²) in [6.07, 6.45) is 2.89. The Hall–Kier alpha value is -1.71. The number of likely N-dealkylation sites (tertiary alicyclic amines) is 1. The van der Waals surface area contributed by atoms with E-state index in [1.54, 1.807) is 6.92 Å². The first-order chi connectivity index (χ1) is 20.9. The molecule has 0 aromatic rings. The lowest BCUT2D eigenvalue weighted by molar-refractivity contribution is -0.122. The highest BCUT2D eigenvalue weighted by atomic mass is 32.2. The van der Waals surface area contributed by atoms with Gasteiger partial charge in [-0.3, -0.25) is 9.79 Å². The van der Waals surface area contributed by atoms with Crippen LogP contribution in [0.5, 0.6) is 0 Å². The summed E-state index contributed by atoms with van der Waals surface area (Å²) in [5.74, 6) is -1.10. The van der Waals surface area contributed by atoms with Crippen LogP contribution in [0.4, 0.5) is 8.78 Å². The second-order valence-corrected chi connectivity index (χ2v) is 14.7. The van der Waals surface area contributed by atoms with Crippen LogP contribution in [0.3, 0.4) is 0 Å². The predicted molar refractivity (Wildman–Crippen MR) is 170 cm³/mol. The van der Waals surface area contributed by atoms with Crippen molar-refractivity contribution in [1.82, 2.24) is 19.8 Å². The molecule has 0 aromatic carbocycles. The van der Waals surface area contributed by atoms with Gasteiger partial charge in [0.25, 0.3) is 0 Å². The zero-order valence-corrected chi connectivity index (χ0v) is 27.6. The number of nitrogens with two attached hydrogens (primary N) is 2. The second-order valence-electron chi connectivity index (χ2n) is 12.5. The Morgan fingerprint density at radius 1 is 1.14 bits per heavy atom. The van der Waals surface area contributed by atoms with Crippen LogP contribution in [0.1, 0.15) is 72.1 Å². The lowest BCUT2D eigenvalue weighted by Crippen LogP contribution is -2.53. The predicted octanol–water partition coefficient (Wildman–Crippen LogP) is 2.04. The molecule has 0 radical (unpaired) electrons. The van der Waals surface area contributed by atoms with Crippen molar-refractivity contribution in [1.29, 1.82) is 0 Å². The minimum atomic E-state index is -3.47. The van der Waals surface area contributed by atoms with Gasteiger partial charge in [0.1, 0.15) is 12.1 Å². The summed E-state index contributed by atoms with van der Waals surface area (Å²) < 4.78 is 63.1. The third-order valence-electron chi connectivity index (χ3n) is 8.97. The van der Waals surface area contributed by atoms with Crippen molar-refractivity contribution < 1.29 is 26.7 Å². The monoisotopic (exact) mass is 647 g/mol. The van der Waals surface area contributed by atoms with E-state index in [-0.39, 0.29) is 19.6 Å². The van der Waals surface area contributed by atoms with E-state index in [2.05, 4.69) is 29.5 Å². The van der Waals surface area contributed by atoms with E-state index in [0.717, 1.165) is 25.7 Å². The van der Waals surface area contributed by atoms with Crippen LogP contribution in [-0.4, -0.2) is 112 Å². The van der Waals surface area contributed by atoms with Crippen molar-refractivity contribution >= 4 is 21.6 Å². The largest absolute Gasteiger partial charge is 0.379 e. The molecule has 3 aliphatic heterocycles. The van der Waals surface area contributed by atoms with Gasteiger partial charge in [-0.25, -0.2) is 17.2 Å². The zero-order valence-electron chi connectivity index (χ0n) is 26.8. The van der Waals surface area contributed by atoms with Crippen LogP contribution in [-0.2, 0) is 19.6 Å². The van der Waals surface area contributed by atoms with Gasteiger partial charge in [0.15, 0.2) is 6.17 Å². The number of unbranched alkanes of at least 4 members (excludes halogenated alkanes) is 2. The van der Waals surface area contributed by atoms with Crippen LogP contribution in [0.15, 0.2) is 16.4 Å². The van der Waals surface area contributed by atoms with Crippen LogP contribution in [0, 0.1) is 11.8 Å². The average Bonchev–Trinajstić information content (AvgIpc) is 2.99. The third-order valence-corrected chi connectivity index (χ3v) is 11.4. The van der Waals surface area contributed by atoms with Gasteiger partial charge in [0, 0.05) is 45.0 Å². The molecule has 0 spiro atoms. The number of piperidine rings is 1. The number of carbonyl (C=O) groups is 1. The number of aliphatic imine (C=N–C) groups is 1. The Balaban J connectivity index is 1.62. The number of ether oxygens (including phenoxy) is 1. The summed E-state index contributed by atoms with van der Waals surface area (Å²) in [6.45, 7) is 8.30. The van der Waals surface area contributed by atoms with Gasteiger partial charge in [-0.2, -0.15) is 4.31 Å². The van der Waals surface area contributed by atoms with Gasteiger partial charge in [-0.15, -0.1) is 0 Å². The van der Waals surface area contributed by atoms with Crippen LogP contribution in [0.2, 0.25) is 0 Å². The zero-order chi connectivity index (χ0) is 32.3. The molecule has 14 heteroatoms. The number of morpholine rings is 1. The highest BCUT2D eigenvalue weighted by Gasteiger charge is 2.38. The number of hydrogen-bond acceptors (Lipinski definition) is 9. The fraction of sp³-hybridized carbons (Fsp3) is 0.867. The molecule has 0 bridgehead atoms. The average molecular weight is 648 g/mol. The number of hydrogen-bond donors (Lipinski definition) is 4. The topological polar surface area (TPSA) is 155 Å². The summed E-state index contributed by atoms with van der Waals surface area (Å²) in [7, 11) is -3.47. The quantitative estimate of drug-likeness (QED) is 0.113. The molecule has 0 aromatic heterocycles. The number of alkyl halides is 2. The van der Waals surface area contributed by atoms with Crippen molar-refractivity contribution in [3.05, 3.63) is 11.4 Å². The fourth-order valence-electron chi connectivity index (χ4n) is 6.26. The first-order valence-corrected chi connectivity index (χ1v) is 17.8. The van der Waals surface area contributed by atoms with Crippen LogP contribution >= 0.6 is 0 Å². The molecule has 1 amide bonds. The molecule has 3 rings (SSSR count). The summed E-state index contributed by atoms with van der Waals surface area (Å²) in [5.41, 5.74) is 13.0. The van der Waals surface area contributed by atoms with Crippen molar-refractivity contribution in [3.63, 3.8) is 0 Å². The first kappa shape index (κ1) is 36.8. The first-order valence-electron chi connectivity index (χ1n) is 16.3. The van der Waals surface area contributed by atoms with Crippen molar-refractivity contribution in [2.24, 2.45) is 28.3 Å². The Labute approximate surface area is 262 Å². The maximum Gasteiger partial charge on any atom is 0.235 e. The van der Waals surface area contributed by atoms with Crippen molar-refractivity contribution in [3.8, 4) is 0 Å². The number of halogens is 2. The third kappa shape index (κ3) is 10.4. The molecule has 2 saturated heterocycles. The van der Waals surface area contributed by atoms with E-state index < -0.39 is 45.6 Å². The molecular weight excluding hydrogens is 592 g/mol. The van der Waals surface area contributed by atoms with Gasteiger partial charge in [-0.05, 0) is 38.5 Å². The number of rotatable bonds is 16. The normalized spacial score (nSPS) is 23.6. The number of nitrogens with zero attached hydrogens (tertiary/aromatic N) is 3. The van der Waals surface area contributed by atoms with Gasteiger partial charge in [0.05, 0.1) is 42.6 Å². The number of sulfonamides is 1. The van der Waals surface area contributed by atoms with E-state index in [0.29, 0.717) is 81.7 Å². The Morgan fingerprint density at radius 2 is 1.82 bits per heavy atom. The lowest BCUT2D eigenvalue weighted by atomic mass is 9.97. The van der Waals surface area contributed by atoms with E-state index in [1.807, 2.05) is 4.90 Å². The fourth-order valence-corrected chi connectivity index (χ4v) is 8.14. The minimum absolute atomic E-state index is 0.0750. The molecule has 6 N–H and O–H groups in total. The van der Waals surface area contributed by atoms with Gasteiger partial charge in [-0.1, -0.05) is 39.5 Å². The van der Waals surface area contributed by atoms with Crippen molar-refractivity contribution in [2.45, 2.75) is 95.9 Å². The molecule has 4 atom stereocenters. The molecule has 11 nitrogen and oxygen atoms in total. The SMILES string of the molecule is CCCCCC(C)CCC(F)CN=C(C)C(C(=O)NC1=C(N2CCC(S(=O)(=O)N3CCOCC3)CC2)C(F)CNC1)C(N)N. The van der Waals surface area contributed by atoms with E-state index in [1.165, 1.54) is 10.7 Å². The summed E-state index contributed by atoms with van der Waals surface area (Å²) in [5, 5.41) is 5.26. The maximum absolute atomic E-state index is 15.3. The molecule has 0 aliphatic carbocycles. The molecule has 44 heavy (non-hydrogen) atoms. The number of carbonyl (C=O) groups excluding carboxylic acids is 1. The molecule has 2 fully saturated rings. The van der Waals surface area contributed by atoms with Crippen LogP contribution in [0.25, 0.3) is 0 Å². The van der Waals surface area contributed by atoms with E-state index >= 15 is 4.39 Å². The molecule has 3 aliphatic rings. The minimum Gasteiger partial charge on any atom is -0.379 e. The Bertz CT molecular complexity index is 1080.